The lowest BCUT2D eigenvalue weighted by Crippen LogP contribution is -2.36. The van der Waals surface area contributed by atoms with E-state index in [0.717, 1.165) is 24.1 Å². The second-order valence-electron chi connectivity index (χ2n) is 7.12. The van der Waals surface area contributed by atoms with Crippen LogP contribution >= 0.6 is 0 Å². The summed E-state index contributed by atoms with van der Waals surface area (Å²) in [7, 11) is 1.85. The molecule has 22 heavy (non-hydrogen) atoms. The molecule has 1 aliphatic heterocycles. The van der Waals surface area contributed by atoms with Gasteiger partial charge in [0, 0.05) is 24.6 Å². The molecule has 0 unspecified atom stereocenters. The van der Waals surface area contributed by atoms with Crippen LogP contribution in [0.25, 0.3) is 0 Å². The van der Waals surface area contributed by atoms with E-state index in [2.05, 4.69) is 18.7 Å². The minimum Gasteiger partial charge on any atom is -0.390 e. The summed E-state index contributed by atoms with van der Waals surface area (Å²) in [6, 6.07) is 6.11. The van der Waals surface area contributed by atoms with Crippen LogP contribution in [-0.2, 0) is 6.42 Å². The van der Waals surface area contributed by atoms with Gasteiger partial charge in [-0.15, -0.1) is 6.58 Å². The number of amides is 1. The summed E-state index contributed by atoms with van der Waals surface area (Å²) < 4.78 is 0. The first-order valence-corrected chi connectivity index (χ1v) is 7.70. The lowest BCUT2D eigenvalue weighted by atomic mass is 9.78. The van der Waals surface area contributed by atoms with Gasteiger partial charge in [-0.25, -0.2) is 0 Å². The highest BCUT2D eigenvalue weighted by molar-refractivity contribution is 5.96. The van der Waals surface area contributed by atoms with Crippen LogP contribution in [0.3, 0.4) is 0 Å². The predicted octanol–water partition coefficient (Wildman–Crippen LogP) is 3.59. The van der Waals surface area contributed by atoms with Crippen LogP contribution in [0.15, 0.2) is 30.9 Å². The van der Waals surface area contributed by atoms with Gasteiger partial charge in [-0.2, -0.15) is 0 Å². The Morgan fingerprint density at radius 1 is 1.27 bits per heavy atom. The van der Waals surface area contributed by atoms with E-state index in [4.69, 9.17) is 0 Å². The number of hydrogen-bond acceptors (Lipinski definition) is 2. The number of carbonyl (C=O) groups is 1. The van der Waals surface area contributed by atoms with E-state index in [-0.39, 0.29) is 11.3 Å². The van der Waals surface area contributed by atoms with Crippen LogP contribution in [0.2, 0.25) is 0 Å². The van der Waals surface area contributed by atoms with Crippen molar-refractivity contribution >= 4 is 5.91 Å². The van der Waals surface area contributed by atoms with E-state index in [9.17, 15) is 9.90 Å². The zero-order chi connectivity index (χ0) is 17.1. The Kier molecular flexibility index (Phi) is 5.58. The molecule has 1 N–H and O–H groups in total. The molecular formula is C19H29NO2. The first kappa shape index (κ1) is 18.4. The fourth-order valence-corrected chi connectivity index (χ4v) is 1.95. The third kappa shape index (κ3) is 4.20. The van der Waals surface area contributed by atoms with Gasteiger partial charge in [-0.3, -0.25) is 4.79 Å². The third-order valence-electron chi connectivity index (χ3n) is 4.65. The van der Waals surface area contributed by atoms with Gasteiger partial charge in [0.15, 0.2) is 0 Å². The van der Waals surface area contributed by atoms with Gasteiger partial charge >= 0.3 is 0 Å². The average Bonchev–Trinajstić information content (AvgIpc) is 2.43. The van der Waals surface area contributed by atoms with Gasteiger partial charge in [0.1, 0.15) is 0 Å². The van der Waals surface area contributed by atoms with Gasteiger partial charge in [0.05, 0.1) is 5.60 Å². The molecule has 3 heteroatoms. The molecular weight excluding hydrogens is 274 g/mol. The van der Waals surface area contributed by atoms with Crippen LogP contribution in [0.5, 0.6) is 0 Å². The fourth-order valence-electron chi connectivity index (χ4n) is 1.95. The Hall–Kier alpha value is -1.61. The maximum atomic E-state index is 11.7. The Labute approximate surface area is 134 Å². The standard InChI is InChI=1S/C11H13NO.C8H16O/c1-8-3-4-9-5-6-12(2)11(13)10(9)7-8;1-6-7(2,3)8(4,5)9/h3-4,7H,5-6H2,1-2H3;6,9H,1H2,2-5H3. The Balaban J connectivity index is 0.000000239. The van der Waals surface area contributed by atoms with E-state index in [1.165, 1.54) is 5.56 Å². The summed E-state index contributed by atoms with van der Waals surface area (Å²) in [5, 5.41) is 9.47. The molecule has 0 aliphatic carbocycles. The maximum Gasteiger partial charge on any atom is 0.253 e. The Morgan fingerprint density at radius 3 is 2.32 bits per heavy atom. The number of hydrogen-bond donors (Lipinski definition) is 1. The lowest BCUT2D eigenvalue weighted by Gasteiger charge is -2.34. The van der Waals surface area contributed by atoms with Crippen molar-refractivity contribution in [3.63, 3.8) is 0 Å². The molecule has 0 fully saturated rings. The highest BCUT2D eigenvalue weighted by Crippen LogP contribution is 2.30. The molecule has 1 aromatic rings. The van der Waals surface area contributed by atoms with Crippen molar-refractivity contribution in [1.29, 1.82) is 0 Å². The summed E-state index contributed by atoms with van der Waals surface area (Å²) in [6.45, 7) is 14.0. The van der Waals surface area contributed by atoms with Crippen LogP contribution in [0, 0.1) is 12.3 Å². The molecule has 0 aromatic heterocycles. The quantitative estimate of drug-likeness (QED) is 0.848. The van der Waals surface area contributed by atoms with Crippen molar-refractivity contribution in [3.8, 4) is 0 Å². The van der Waals surface area contributed by atoms with Crippen molar-refractivity contribution in [2.45, 2.75) is 46.6 Å². The molecule has 0 atom stereocenters. The number of carbonyl (C=O) groups excluding carboxylic acids is 1. The van der Waals surface area contributed by atoms with Gasteiger partial charge in [0.2, 0.25) is 0 Å². The number of nitrogens with zero attached hydrogens (tertiary/aromatic N) is 1. The van der Waals surface area contributed by atoms with E-state index >= 15 is 0 Å². The summed E-state index contributed by atoms with van der Waals surface area (Å²) >= 11 is 0. The summed E-state index contributed by atoms with van der Waals surface area (Å²) in [6.07, 6.45) is 2.75. The van der Waals surface area contributed by atoms with Crippen LogP contribution < -0.4 is 0 Å². The van der Waals surface area contributed by atoms with Crippen molar-refractivity contribution in [2.24, 2.45) is 5.41 Å². The fraction of sp³-hybridized carbons (Fsp3) is 0.526. The smallest absolute Gasteiger partial charge is 0.253 e. The molecule has 3 nitrogen and oxygen atoms in total. The maximum absolute atomic E-state index is 11.7. The third-order valence-corrected chi connectivity index (χ3v) is 4.65. The second-order valence-corrected chi connectivity index (χ2v) is 7.12. The number of likely N-dealkylation sites (N-methyl/N-ethyl adjacent to an activating group) is 1. The topological polar surface area (TPSA) is 40.5 Å². The number of benzene rings is 1. The Bertz CT molecular complexity index is 553. The zero-order valence-electron chi connectivity index (χ0n) is 14.7. The second kappa shape index (κ2) is 6.66. The van der Waals surface area contributed by atoms with E-state index in [1.54, 1.807) is 24.8 Å². The highest BCUT2D eigenvalue weighted by atomic mass is 16.3. The zero-order valence-corrected chi connectivity index (χ0v) is 14.7. The normalized spacial score (nSPS) is 14.9. The number of rotatable bonds is 2. The molecule has 1 aromatic carbocycles. The van der Waals surface area contributed by atoms with Crippen molar-refractivity contribution in [3.05, 3.63) is 47.5 Å². The van der Waals surface area contributed by atoms with E-state index < -0.39 is 5.60 Å². The molecule has 0 spiro atoms. The van der Waals surface area contributed by atoms with E-state index in [1.807, 2.05) is 33.9 Å². The SMILES string of the molecule is C=CC(C)(C)C(C)(C)O.Cc1ccc2c(c1)C(=O)N(C)CC2. The number of aryl methyl sites for hydroxylation is 1. The lowest BCUT2D eigenvalue weighted by molar-refractivity contribution is -0.00719. The molecule has 1 heterocycles. The molecule has 122 valence electrons. The minimum atomic E-state index is -0.672. The van der Waals surface area contributed by atoms with Crippen molar-refractivity contribution < 1.29 is 9.90 Å². The van der Waals surface area contributed by atoms with Gasteiger partial charge in [0.25, 0.3) is 5.91 Å². The molecule has 0 saturated carbocycles. The summed E-state index contributed by atoms with van der Waals surface area (Å²) in [5.74, 6) is 0.157. The van der Waals surface area contributed by atoms with Crippen LogP contribution in [0.4, 0.5) is 0 Å². The van der Waals surface area contributed by atoms with Crippen LogP contribution in [0.1, 0.15) is 49.2 Å². The first-order valence-electron chi connectivity index (χ1n) is 7.70. The monoisotopic (exact) mass is 303 g/mol. The molecule has 1 aliphatic rings. The largest absolute Gasteiger partial charge is 0.390 e. The van der Waals surface area contributed by atoms with Gasteiger partial charge in [-0.1, -0.05) is 37.6 Å². The molecule has 0 bridgehead atoms. The van der Waals surface area contributed by atoms with E-state index in [0.29, 0.717) is 0 Å². The predicted molar refractivity (Wildman–Crippen MR) is 92.1 cm³/mol. The molecule has 0 saturated heterocycles. The minimum absolute atomic E-state index is 0.157. The number of fused-ring (bicyclic) bond motifs is 1. The van der Waals surface area contributed by atoms with Crippen molar-refractivity contribution in [1.82, 2.24) is 4.90 Å². The average molecular weight is 303 g/mol. The molecule has 2 rings (SSSR count). The van der Waals surface area contributed by atoms with Gasteiger partial charge < -0.3 is 10.0 Å². The first-order chi connectivity index (χ1) is 9.99. The van der Waals surface area contributed by atoms with Gasteiger partial charge in [-0.05, 0) is 38.8 Å². The molecule has 0 radical (unpaired) electrons. The summed E-state index contributed by atoms with van der Waals surface area (Å²) in [4.78, 5) is 13.5. The Morgan fingerprint density at radius 2 is 1.86 bits per heavy atom. The summed E-state index contributed by atoms with van der Waals surface area (Å²) in [5.41, 5.74) is 2.35. The van der Waals surface area contributed by atoms with Crippen LogP contribution in [-0.4, -0.2) is 35.1 Å². The van der Waals surface area contributed by atoms with Crippen molar-refractivity contribution in [2.75, 3.05) is 13.6 Å². The highest BCUT2D eigenvalue weighted by Gasteiger charge is 2.31. The number of aliphatic hydroxyl groups is 1. The molecule has 1 amide bonds.